The molecule has 1 N–H and O–H groups in total. The van der Waals surface area contributed by atoms with Crippen molar-refractivity contribution in [3.63, 3.8) is 0 Å². The van der Waals surface area contributed by atoms with E-state index in [-0.39, 0.29) is 36.4 Å². The lowest BCUT2D eigenvalue weighted by Gasteiger charge is -2.59. The van der Waals surface area contributed by atoms with Gasteiger partial charge in [-0.05, 0) is 10.6 Å². The van der Waals surface area contributed by atoms with Crippen molar-refractivity contribution >= 4 is 20.1 Å². The standard InChI is InChI=1S/C21H31NO5Si/c1-20(2,3)28(4,5)22-14-21(19(22)25)12-16(11-17(23)27-21)18(24)26-13-15-9-7-6-8-10-15/h6-10,16-17,23H,11-14H2,1-5H3/t16-,17-,21-/m0/s1. The molecule has 0 bridgehead atoms. The first kappa shape index (κ1) is 21.0. The summed E-state index contributed by atoms with van der Waals surface area (Å²) in [6.07, 6.45) is -0.710. The molecule has 28 heavy (non-hydrogen) atoms. The van der Waals surface area contributed by atoms with Crippen molar-refractivity contribution in [2.45, 2.75) is 70.2 Å². The minimum atomic E-state index is -2.02. The molecule has 2 fully saturated rings. The first-order valence-electron chi connectivity index (χ1n) is 9.85. The molecule has 6 nitrogen and oxygen atoms in total. The molecule has 0 aromatic heterocycles. The van der Waals surface area contributed by atoms with Crippen molar-refractivity contribution in [1.82, 2.24) is 4.57 Å². The van der Waals surface area contributed by atoms with E-state index in [2.05, 4.69) is 33.9 Å². The second kappa shape index (κ2) is 7.28. The fourth-order valence-electron chi connectivity index (χ4n) is 3.75. The van der Waals surface area contributed by atoms with Gasteiger partial charge in [0, 0.05) is 12.8 Å². The van der Waals surface area contributed by atoms with Crippen LogP contribution in [0.2, 0.25) is 18.1 Å². The van der Waals surface area contributed by atoms with Crippen molar-refractivity contribution in [2.24, 2.45) is 5.92 Å². The maximum atomic E-state index is 13.1. The van der Waals surface area contributed by atoms with E-state index < -0.39 is 26.0 Å². The average molecular weight is 406 g/mol. The van der Waals surface area contributed by atoms with Gasteiger partial charge in [0.15, 0.2) is 20.1 Å². The molecule has 1 aromatic rings. The molecule has 1 spiro atoms. The molecule has 2 aliphatic rings. The molecule has 2 aliphatic heterocycles. The number of benzene rings is 1. The summed E-state index contributed by atoms with van der Waals surface area (Å²) in [7, 11) is -2.02. The summed E-state index contributed by atoms with van der Waals surface area (Å²) in [6.45, 7) is 11.4. The molecule has 0 saturated carbocycles. The van der Waals surface area contributed by atoms with E-state index >= 15 is 0 Å². The van der Waals surface area contributed by atoms with Crippen molar-refractivity contribution in [2.75, 3.05) is 6.54 Å². The van der Waals surface area contributed by atoms with Crippen LogP contribution in [0.25, 0.3) is 0 Å². The zero-order valence-electron chi connectivity index (χ0n) is 17.4. The quantitative estimate of drug-likeness (QED) is 0.473. The van der Waals surface area contributed by atoms with Crippen LogP contribution in [-0.4, -0.2) is 48.2 Å². The Labute approximate surface area is 167 Å². The molecular formula is C21H31NO5Si. The van der Waals surface area contributed by atoms with E-state index in [4.69, 9.17) is 9.47 Å². The number of hydrogen-bond acceptors (Lipinski definition) is 5. The number of rotatable bonds is 4. The first-order chi connectivity index (χ1) is 13.0. The topological polar surface area (TPSA) is 76.1 Å². The van der Waals surface area contributed by atoms with Gasteiger partial charge in [-0.3, -0.25) is 9.59 Å². The molecule has 3 atom stereocenters. The van der Waals surface area contributed by atoms with Gasteiger partial charge in [-0.15, -0.1) is 0 Å². The molecule has 1 aromatic carbocycles. The van der Waals surface area contributed by atoms with Gasteiger partial charge < -0.3 is 19.1 Å². The highest BCUT2D eigenvalue weighted by molar-refractivity contribution is 6.80. The van der Waals surface area contributed by atoms with E-state index in [0.29, 0.717) is 6.54 Å². The van der Waals surface area contributed by atoms with Gasteiger partial charge in [0.2, 0.25) is 5.91 Å². The van der Waals surface area contributed by atoms with Crippen LogP contribution in [0.1, 0.15) is 39.2 Å². The van der Waals surface area contributed by atoms with Gasteiger partial charge in [-0.1, -0.05) is 64.2 Å². The normalized spacial score (nSPS) is 28.2. The molecule has 154 valence electrons. The van der Waals surface area contributed by atoms with E-state index in [1.807, 2.05) is 34.9 Å². The number of amides is 1. The van der Waals surface area contributed by atoms with Gasteiger partial charge in [0.1, 0.15) is 6.61 Å². The number of nitrogens with zero attached hydrogens (tertiary/aromatic N) is 1. The molecular weight excluding hydrogens is 374 g/mol. The van der Waals surface area contributed by atoms with E-state index in [1.54, 1.807) is 0 Å². The Kier molecular flexibility index (Phi) is 5.46. The predicted molar refractivity (Wildman–Crippen MR) is 108 cm³/mol. The first-order valence-corrected chi connectivity index (χ1v) is 12.8. The Hall–Kier alpha value is -1.70. The largest absolute Gasteiger partial charge is 0.461 e. The van der Waals surface area contributed by atoms with Crippen LogP contribution in [0.3, 0.4) is 0 Å². The molecule has 3 rings (SSSR count). The van der Waals surface area contributed by atoms with Crippen molar-refractivity contribution < 1.29 is 24.2 Å². The van der Waals surface area contributed by atoms with Crippen LogP contribution in [0.15, 0.2) is 30.3 Å². The Bertz CT molecular complexity index is 745. The SMILES string of the molecule is CC(C)(C)[Si](C)(C)N1C[C@@]2(C[C@@H](C(=O)OCc3ccccc3)C[C@@H](O)O2)C1=O. The number of aliphatic hydroxyl groups excluding tert-OH is 1. The number of hydrogen-bond donors (Lipinski definition) is 1. The average Bonchev–Trinajstić information content (AvgIpc) is 2.63. The lowest BCUT2D eigenvalue weighted by molar-refractivity contribution is -0.251. The summed E-state index contributed by atoms with van der Waals surface area (Å²) in [5.41, 5.74) is -0.189. The monoisotopic (exact) mass is 405 g/mol. The second-order valence-corrected chi connectivity index (χ2v) is 14.7. The van der Waals surface area contributed by atoms with Crippen molar-refractivity contribution in [1.29, 1.82) is 0 Å². The zero-order valence-corrected chi connectivity index (χ0v) is 18.4. The maximum Gasteiger partial charge on any atom is 0.309 e. The summed E-state index contributed by atoms with van der Waals surface area (Å²) in [5, 5.41) is 10.2. The summed E-state index contributed by atoms with van der Waals surface area (Å²) < 4.78 is 13.0. The van der Waals surface area contributed by atoms with E-state index in [9.17, 15) is 14.7 Å². The van der Waals surface area contributed by atoms with Crippen molar-refractivity contribution in [3.8, 4) is 0 Å². The van der Waals surface area contributed by atoms with Crippen LogP contribution < -0.4 is 0 Å². The highest BCUT2D eigenvalue weighted by Crippen LogP contribution is 2.47. The number of β-lactam (4-membered cyclic amide) rings is 1. The lowest BCUT2D eigenvalue weighted by Crippen LogP contribution is -2.78. The number of carbonyl (C=O) groups is 2. The molecule has 2 saturated heterocycles. The van der Waals surface area contributed by atoms with Gasteiger partial charge in [-0.2, -0.15) is 0 Å². The number of esters is 1. The Balaban J connectivity index is 1.66. The highest BCUT2D eigenvalue weighted by Gasteiger charge is 2.63. The molecule has 0 unspecified atom stereocenters. The molecule has 0 aliphatic carbocycles. The predicted octanol–water partition coefficient (Wildman–Crippen LogP) is 3.06. The van der Waals surface area contributed by atoms with E-state index in [0.717, 1.165) is 5.56 Å². The Morgan fingerprint density at radius 3 is 2.54 bits per heavy atom. The van der Waals surface area contributed by atoms with Crippen LogP contribution in [0, 0.1) is 5.92 Å². The van der Waals surface area contributed by atoms with E-state index in [1.165, 1.54) is 0 Å². The fraction of sp³-hybridized carbons (Fsp3) is 0.619. The zero-order chi connectivity index (χ0) is 20.7. The van der Waals surface area contributed by atoms with Crippen LogP contribution in [-0.2, 0) is 25.7 Å². The minimum absolute atomic E-state index is 0.0194. The molecule has 0 radical (unpaired) electrons. The second-order valence-electron chi connectivity index (χ2n) is 9.50. The smallest absolute Gasteiger partial charge is 0.309 e. The number of ether oxygens (including phenoxy) is 2. The third-order valence-corrected chi connectivity index (χ3v) is 11.9. The Morgan fingerprint density at radius 2 is 1.96 bits per heavy atom. The summed E-state index contributed by atoms with van der Waals surface area (Å²) in [4.78, 5) is 25.7. The molecule has 1 amide bonds. The fourth-order valence-corrected chi connectivity index (χ4v) is 5.92. The maximum absolute atomic E-state index is 13.1. The minimum Gasteiger partial charge on any atom is -0.461 e. The Morgan fingerprint density at radius 1 is 1.32 bits per heavy atom. The third-order valence-electron chi connectivity index (χ3n) is 6.54. The number of carbonyl (C=O) groups excluding carboxylic acids is 2. The van der Waals surface area contributed by atoms with Crippen LogP contribution in [0.4, 0.5) is 0 Å². The van der Waals surface area contributed by atoms with Gasteiger partial charge in [0.25, 0.3) is 0 Å². The van der Waals surface area contributed by atoms with Gasteiger partial charge >= 0.3 is 5.97 Å². The molecule has 2 heterocycles. The van der Waals surface area contributed by atoms with Crippen LogP contribution in [0.5, 0.6) is 0 Å². The lowest BCUT2D eigenvalue weighted by atomic mass is 9.80. The van der Waals surface area contributed by atoms with Gasteiger partial charge in [-0.25, -0.2) is 0 Å². The summed E-state index contributed by atoms with van der Waals surface area (Å²) in [6, 6.07) is 9.46. The highest BCUT2D eigenvalue weighted by atomic mass is 28.3. The summed E-state index contributed by atoms with van der Waals surface area (Å²) in [5.74, 6) is -1.03. The summed E-state index contributed by atoms with van der Waals surface area (Å²) >= 11 is 0. The van der Waals surface area contributed by atoms with Crippen LogP contribution >= 0.6 is 0 Å². The van der Waals surface area contributed by atoms with Gasteiger partial charge in [0.05, 0.1) is 12.5 Å². The van der Waals surface area contributed by atoms with Crippen molar-refractivity contribution in [3.05, 3.63) is 35.9 Å². The third kappa shape index (κ3) is 3.75. The molecule has 7 heteroatoms. The number of aliphatic hydroxyl groups is 1.